The van der Waals surface area contributed by atoms with Crippen molar-refractivity contribution in [2.24, 2.45) is 0 Å². The smallest absolute Gasteiger partial charge is 0.194 e. The lowest BCUT2D eigenvalue weighted by Crippen LogP contribution is -2.36. The van der Waals surface area contributed by atoms with Crippen LogP contribution < -0.4 is 4.74 Å². The highest BCUT2D eigenvalue weighted by Gasteiger charge is 2.41. The van der Waals surface area contributed by atoms with Crippen molar-refractivity contribution in [3.63, 3.8) is 0 Å². The maximum absolute atomic E-state index is 10.2. The third-order valence-corrected chi connectivity index (χ3v) is 8.18. The summed E-state index contributed by atoms with van der Waals surface area (Å²) in [7, 11) is 1.64. The van der Waals surface area contributed by atoms with Crippen LogP contribution >= 0.6 is 22.9 Å². The Labute approximate surface area is 205 Å². The van der Waals surface area contributed by atoms with Crippen molar-refractivity contribution in [2.75, 3.05) is 20.3 Å². The SMILES string of the molecule is COc1ccc(-c2c(Cl)c(Cn3c(O)ccc3O)nc3sc4c(c23)CCC2(C4)OCCO2)cc1. The fourth-order valence-corrected chi connectivity index (χ4v) is 6.59. The van der Waals surface area contributed by atoms with Gasteiger partial charge >= 0.3 is 0 Å². The number of rotatable bonds is 4. The van der Waals surface area contributed by atoms with Crippen LogP contribution in [0.3, 0.4) is 0 Å². The fourth-order valence-electron chi connectivity index (χ4n) is 4.95. The Morgan fingerprint density at radius 1 is 1.12 bits per heavy atom. The molecule has 1 fully saturated rings. The molecule has 176 valence electrons. The Morgan fingerprint density at radius 2 is 1.82 bits per heavy atom. The van der Waals surface area contributed by atoms with E-state index < -0.39 is 5.79 Å². The average molecular weight is 499 g/mol. The summed E-state index contributed by atoms with van der Waals surface area (Å²) in [6.45, 7) is 1.38. The van der Waals surface area contributed by atoms with Crippen LogP contribution in [0.4, 0.5) is 0 Å². The number of hydrogen-bond acceptors (Lipinski definition) is 7. The van der Waals surface area contributed by atoms with Gasteiger partial charge in [0.05, 0.1) is 37.6 Å². The second kappa shape index (κ2) is 8.16. The molecule has 1 spiro atoms. The molecule has 0 radical (unpaired) electrons. The van der Waals surface area contributed by atoms with Gasteiger partial charge in [-0.2, -0.15) is 0 Å². The number of aromatic nitrogens is 2. The molecule has 6 rings (SSSR count). The van der Waals surface area contributed by atoms with Gasteiger partial charge in [0.25, 0.3) is 0 Å². The topological polar surface area (TPSA) is 86.0 Å². The second-order valence-electron chi connectivity index (χ2n) is 8.58. The lowest BCUT2D eigenvalue weighted by atomic mass is 9.89. The van der Waals surface area contributed by atoms with Crippen molar-refractivity contribution in [3.8, 4) is 28.6 Å². The monoisotopic (exact) mass is 498 g/mol. The number of aromatic hydroxyl groups is 2. The van der Waals surface area contributed by atoms with Gasteiger partial charge in [0.1, 0.15) is 10.6 Å². The average Bonchev–Trinajstić information content (AvgIpc) is 3.53. The number of nitrogens with zero attached hydrogens (tertiary/aromatic N) is 2. The molecule has 3 aromatic heterocycles. The van der Waals surface area contributed by atoms with Gasteiger partial charge in [0, 0.05) is 40.8 Å². The molecular weight excluding hydrogens is 476 g/mol. The largest absolute Gasteiger partial charge is 0.497 e. The minimum atomic E-state index is -0.538. The van der Waals surface area contributed by atoms with Gasteiger partial charge in [-0.05, 0) is 29.7 Å². The highest BCUT2D eigenvalue weighted by Crippen LogP contribution is 2.48. The van der Waals surface area contributed by atoms with E-state index in [9.17, 15) is 10.2 Å². The number of hydrogen-bond donors (Lipinski definition) is 2. The van der Waals surface area contributed by atoms with E-state index in [2.05, 4.69) is 0 Å². The molecule has 1 aliphatic carbocycles. The van der Waals surface area contributed by atoms with Gasteiger partial charge in [-0.15, -0.1) is 11.3 Å². The number of thiophene rings is 1. The quantitative estimate of drug-likeness (QED) is 0.406. The van der Waals surface area contributed by atoms with Crippen LogP contribution in [0.15, 0.2) is 36.4 Å². The van der Waals surface area contributed by atoms with Crippen molar-refractivity contribution in [1.82, 2.24) is 9.55 Å². The highest BCUT2D eigenvalue weighted by atomic mass is 35.5. The summed E-state index contributed by atoms with van der Waals surface area (Å²) in [5.41, 5.74) is 3.67. The van der Waals surface area contributed by atoms with E-state index in [0.29, 0.717) is 30.4 Å². The van der Waals surface area contributed by atoms with Crippen molar-refractivity contribution < 1.29 is 24.4 Å². The molecule has 4 heterocycles. The molecule has 0 amide bonds. The zero-order valence-electron chi connectivity index (χ0n) is 18.5. The summed E-state index contributed by atoms with van der Waals surface area (Å²) in [4.78, 5) is 6.98. The number of fused-ring (bicyclic) bond motifs is 3. The van der Waals surface area contributed by atoms with Crippen LogP contribution in [-0.2, 0) is 28.9 Å². The van der Waals surface area contributed by atoms with Crippen LogP contribution in [0, 0.1) is 0 Å². The normalized spacial score (nSPS) is 16.9. The number of methoxy groups -OCH3 is 1. The van der Waals surface area contributed by atoms with Crippen molar-refractivity contribution in [1.29, 1.82) is 0 Å². The van der Waals surface area contributed by atoms with E-state index in [1.54, 1.807) is 18.4 Å². The van der Waals surface area contributed by atoms with Gasteiger partial charge in [0.15, 0.2) is 17.5 Å². The van der Waals surface area contributed by atoms with Gasteiger partial charge in [-0.25, -0.2) is 4.98 Å². The Hall–Kier alpha value is -2.78. The number of aryl methyl sites for hydroxylation is 1. The minimum Gasteiger partial charge on any atom is -0.497 e. The van der Waals surface area contributed by atoms with Crippen molar-refractivity contribution >= 4 is 33.2 Å². The first-order valence-electron chi connectivity index (χ1n) is 11.1. The predicted molar refractivity (Wildman–Crippen MR) is 130 cm³/mol. The molecule has 0 bridgehead atoms. The molecule has 1 aliphatic heterocycles. The predicted octanol–water partition coefficient (Wildman–Crippen LogP) is 5.12. The molecule has 34 heavy (non-hydrogen) atoms. The first kappa shape index (κ1) is 21.7. The summed E-state index contributed by atoms with van der Waals surface area (Å²) in [6.07, 6.45) is 2.30. The molecule has 4 aromatic rings. The third kappa shape index (κ3) is 3.44. The molecule has 2 N–H and O–H groups in total. The fraction of sp³-hybridized carbons (Fsp3) is 0.320. The van der Waals surface area contributed by atoms with E-state index in [4.69, 9.17) is 30.8 Å². The zero-order chi connectivity index (χ0) is 23.4. The third-order valence-electron chi connectivity index (χ3n) is 6.65. The Kier molecular flexibility index (Phi) is 5.22. The van der Waals surface area contributed by atoms with Crippen LogP contribution in [0.25, 0.3) is 21.3 Å². The first-order valence-corrected chi connectivity index (χ1v) is 12.3. The van der Waals surface area contributed by atoms with E-state index >= 15 is 0 Å². The van der Waals surface area contributed by atoms with Crippen LogP contribution in [0.1, 0.15) is 22.6 Å². The molecular formula is C25H23ClN2O5S. The van der Waals surface area contributed by atoms with E-state index in [1.165, 1.54) is 27.1 Å². The van der Waals surface area contributed by atoms with Crippen molar-refractivity contribution in [3.05, 3.63) is 57.6 Å². The van der Waals surface area contributed by atoms with Crippen LogP contribution in [-0.4, -0.2) is 45.9 Å². The maximum Gasteiger partial charge on any atom is 0.194 e. The van der Waals surface area contributed by atoms with Crippen molar-refractivity contribution in [2.45, 2.75) is 31.6 Å². The molecule has 0 saturated carbocycles. The second-order valence-corrected chi connectivity index (χ2v) is 10.0. The van der Waals surface area contributed by atoms with E-state index in [1.807, 2.05) is 24.3 Å². The molecule has 1 saturated heterocycles. The Bertz CT molecular complexity index is 1370. The molecule has 1 aromatic carbocycles. The van der Waals surface area contributed by atoms with E-state index in [0.717, 1.165) is 39.9 Å². The van der Waals surface area contributed by atoms with Gasteiger partial charge < -0.3 is 24.4 Å². The summed E-state index contributed by atoms with van der Waals surface area (Å²) < 4.78 is 18.7. The first-order chi connectivity index (χ1) is 16.5. The summed E-state index contributed by atoms with van der Waals surface area (Å²) in [5, 5.41) is 21.9. The lowest BCUT2D eigenvalue weighted by Gasteiger charge is -2.31. The molecule has 9 heteroatoms. The lowest BCUT2D eigenvalue weighted by molar-refractivity contribution is -0.163. The summed E-state index contributed by atoms with van der Waals surface area (Å²) in [5.74, 6) is 0.120. The van der Waals surface area contributed by atoms with Gasteiger partial charge in [-0.3, -0.25) is 4.57 Å². The van der Waals surface area contributed by atoms with E-state index in [-0.39, 0.29) is 18.3 Å². The van der Waals surface area contributed by atoms with Gasteiger partial charge in [-0.1, -0.05) is 23.7 Å². The van der Waals surface area contributed by atoms with Crippen LogP contribution in [0.5, 0.6) is 17.5 Å². The van der Waals surface area contributed by atoms with Gasteiger partial charge in [0.2, 0.25) is 0 Å². The highest BCUT2D eigenvalue weighted by molar-refractivity contribution is 7.19. The minimum absolute atomic E-state index is 0.0515. The molecule has 0 unspecified atom stereocenters. The Balaban J connectivity index is 1.55. The zero-order valence-corrected chi connectivity index (χ0v) is 20.1. The molecule has 2 aliphatic rings. The number of benzene rings is 1. The molecule has 7 nitrogen and oxygen atoms in total. The standard InChI is InChI=1S/C25H23ClN2O5S/c1-31-15-4-2-14(3-5-15)21-22-16-8-9-25(32-10-11-33-25)12-18(16)34-24(22)27-17(23(21)26)13-28-19(29)6-7-20(28)30/h2-7,29-30H,8-13H2,1H3. The number of pyridine rings is 1. The summed E-state index contributed by atoms with van der Waals surface area (Å²) in [6, 6.07) is 10.7. The van der Waals surface area contributed by atoms with Crippen LogP contribution in [0.2, 0.25) is 5.02 Å². The number of halogens is 1. The number of ether oxygens (including phenoxy) is 3. The maximum atomic E-state index is 10.2. The summed E-state index contributed by atoms with van der Waals surface area (Å²) >= 11 is 8.65. The Morgan fingerprint density at radius 3 is 2.50 bits per heavy atom. The molecule has 0 atom stereocenters.